The first-order chi connectivity index (χ1) is 16.7. The number of hydrogen-bond donors (Lipinski definition) is 0. The summed E-state index contributed by atoms with van der Waals surface area (Å²) >= 11 is 0. The van der Waals surface area contributed by atoms with Gasteiger partial charge in [-0.15, -0.1) is 0 Å². The second-order valence-electron chi connectivity index (χ2n) is 10.4. The smallest absolute Gasteiger partial charge is 0.222 e. The van der Waals surface area contributed by atoms with Crippen LogP contribution in [0.3, 0.4) is 0 Å². The van der Waals surface area contributed by atoms with Crippen LogP contribution in [0.1, 0.15) is 24.8 Å². The quantitative estimate of drug-likeness (QED) is 0.657. The summed E-state index contributed by atoms with van der Waals surface area (Å²) in [5, 5.41) is 2.68. The SMILES string of the molecule is CN1CCN(C(=O)CC[C@H]2CN(Cc3cccc4ccccc34)CC[C@H]2N2CCOCC2)CC1. The molecule has 6 heteroatoms. The van der Waals surface area contributed by atoms with Crippen LogP contribution in [0.2, 0.25) is 0 Å². The van der Waals surface area contributed by atoms with E-state index in [0.717, 1.165) is 78.5 Å². The maximum absolute atomic E-state index is 13.0. The predicted octanol–water partition coefficient (Wildman–Crippen LogP) is 2.92. The number of likely N-dealkylation sites (N-methyl/N-ethyl adjacent to an activating group) is 1. The Morgan fingerprint density at radius 1 is 0.941 bits per heavy atom. The zero-order valence-electron chi connectivity index (χ0n) is 20.7. The second kappa shape index (κ2) is 11.2. The normalized spacial score (nSPS) is 25.6. The van der Waals surface area contributed by atoms with Gasteiger partial charge in [0.1, 0.15) is 0 Å². The molecule has 3 fully saturated rings. The molecule has 3 heterocycles. The number of carbonyl (C=O) groups excluding carboxylic acids is 1. The Bertz CT molecular complexity index is 947. The molecule has 3 saturated heterocycles. The summed E-state index contributed by atoms with van der Waals surface area (Å²) in [5.41, 5.74) is 1.41. The summed E-state index contributed by atoms with van der Waals surface area (Å²) in [6.45, 7) is 10.6. The average Bonchev–Trinajstić information content (AvgIpc) is 2.88. The third kappa shape index (κ3) is 5.62. The number of piperazine rings is 1. The molecule has 0 aliphatic carbocycles. The molecule has 0 aromatic heterocycles. The van der Waals surface area contributed by atoms with Crippen molar-refractivity contribution in [2.24, 2.45) is 5.92 Å². The van der Waals surface area contributed by atoms with Crippen molar-refractivity contribution < 1.29 is 9.53 Å². The Morgan fingerprint density at radius 2 is 1.71 bits per heavy atom. The van der Waals surface area contributed by atoms with E-state index in [1.165, 1.54) is 22.8 Å². The molecule has 3 aliphatic heterocycles. The van der Waals surface area contributed by atoms with E-state index in [0.29, 0.717) is 24.3 Å². The van der Waals surface area contributed by atoms with E-state index in [1.807, 2.05) is 0 Å². The van der Waals surface area contributed by atoms with Crippen molar-refractivity contribution in [2.45, 2.75) is 31.8 Å². The molecule has 0 radical (unpaired) electrons. The number of benzene rings is 2. The fourth-order valence-electron chi connectivity index (χ4n) is 6.11. The number of fused-ring (bicyclic) bond motifs is 1. The first-order valence-electron chi connectivity index (χ1n) is 13.1. The molecular weight excluding hydrogens is 424 g/mol. The predicted molar refractivity (Wildman–Crippen MR) is 137 cm³/mol. The van der Waals surface area contributed by atoms with E-state index in [9.17, 15) is 4.79 Å². The Labute approximate surface area is 204 Å². The number of likely N-dealkylation sites (tertiary alicyclic amines) is 1. The zero-order chi connectivity index (χ0) is 23.3. The van der Waals surface area contributed by atoms with E-state index in [2.05, 4.69) is 69.1 Å². The van der Waals surface area contributed by atoms with Crippen LogP contribution in [0.25, 0.3) is 10.8 Å². The number of morpholine rings is 1. The zero-order valence-corrected chi connectivity index (χ0v) is 20.7. The monoisotopic (exact) mass is 464 g/mol. The lowest BCUT2D eigenvalue weighted by Gasteiger charge is -2.45. The molecule has 1 amide bonds. The molecule has 0 unspecified atom stereocenters. The lowest BCUT2D eigenvalue weighted by Crippen LogP contribution is -2.54. The number of ether oxygens (including phenoxy) is 1. The minimum atomic E-state index is 0.347. The molecule has 0 spiro atoms. The summed E-state index contributed by atoms with van der Waals surface area (Å²) in [6.07, 6.45) is 2.84. The molecular formula is C28H40N4O2. The van der Waals surface area contributed by atoms with E-state index in [1.54, 1.807) is 0 Å². The van der Waals surface area contributed by atoms with Crippen LogP contribution >= 0.6 is 0 Å². The third-order valence-electron chi connectivity index (χ3n) is 8.15. The highest BCUT2D eigenvalue weighted by Crippen LogP contribution is 2.29. The van der Waals surface area contributed by atoms with Gasteiger partial charge in [-0.1, -0.05) is 42.5 Å². The Morgan fingerprint density at radius 3 is 2.53 bits per heavy atom. The van der Waals surface area contributed by atoms with Crippen molar-refractivity contribution >= 4 is 16.7 Å². The van der Waals surface area contributed by atoms with Crippen LogP contribution in [0, 0.1) is 5.92 Å². The maximum atomic E-state index is 13.0. The van der Waals surface area contributed by atoms with Crippen molar-refractivity contribution in [2.75, 3.05) is 72.6 Å². The van der Waals surface area contributed by atoms with E-state index in [4.69, 9.17) is 4.74 Å². The number of piperidine rings is 1. The fraction of sp³-hybridized carbons (Fsp3) is 0.607. The summed E-state index contributed by atoms with van der Waals surface area (Å²) in [6, 6.07) is 15.9. The van der Waals surface area contributed by atoms with Crippen LogP contribution in [-0.4, -0.2) is 104 Å². The summed E-state index contributed by atoms with van der Waals surface area (Å²) < 4.78 is 5.64. The van der Waals surface area contributed by atoms with Gasteiger partial charge in [0.25, 0.3) is 0 Å². The van der Waals surface area contributed by atoms with Crippen LogP contribution in [0.15, 0.2) is 42.5 Å². The molecule has 3 aliphatic rings. The lowest BCUT2D eigenvalue weighted by molar-refractivity contribution is -0.133. The first kappa shape index (κ1) is 23.7. The average molecular weight is 465 g/mol. The van der Waals surface area contributed by atoms with Gasteiger partial charge >= 0.3 is 0 Å². The van der Waals surface area contributed by atoms with Crippen LogP contribution < -0.4 is 0 Å². The molecule has 5 rings (SSSR count). The standard InChI is InChI=1S/C28H40N4O2/c1-29-13-15-32(16-14-29)28(33)10-9-25-22-30(12-11-27(25)31-17-19-34-20-18-31)21-24-7-4-6-23-5-2-3-8-26(23)24/h2-8,25,27H,9-22H2,1H3/t25-,27+/m0/s1. The molecule has 0 bridgehead atoms. The van der Waals surface area contributed by atoms with E-state index >= 15 is 0 Å². The highest BCUT2D eigenvalue weighted by Gasteiger charge is 2.34. The molecule has 6 nitrogen and oxygen atoms in total. The number of nitrogens with zero attached hydrogens (tertiary/aromatic N) is 4. The van der Waals surface area contributed by atoms with Crippen LogP contribution in [0.5, 0.6) is 0 Å². The molecule has 2 aromatic rings. The number of carbonyl (C=O) groups is 1. The van der Waals surface area contributed by atoms with Crippen LogP contribution in [0.4, 0.5) is 0 Å². The number of rotatable bonds is 6. The first-order valence-corrected chi connectivity index (χ1v) is 13.1. The fourth-order valence-corrected chi connectivity index (χ4v) is 6.11. The second-order valence-corrected chi connectivity index (χ2v) is 10.4. The van der Waals surface area contributed by atoms with Crippen LogP contribution in [-0.2, 0) is 16.1 Å². The molecule has 184 valence electrons. The Kier molecular flexibility index (Phi) is 7.80. The summed E-state index contributed by atoms with van der Waals surface area (Å²) in [7, 11) is 2.14. The lowest BCUT2D eigenvalue weighted by atomic mass is 9.86. The summed E-state index contributed by atoms with van der Waals surface area (Å²) in [4.78, 5) is 22.7. The molecule has 2 atom stereocenters. The van der Waals surface area contributed by atoms with Gasteiger partial charge in [0.05, 0.1) is 13.2 Å². The van der Waals surface area contributed by atoms with Crippen molar-refractivity contribution in [3.05, 3.63) is 48.0 Å². The highest BCUT2D eigenvalue weighted by molar-refractivity contribution is 5.85. The van der Waals surface area contributed by atoms with E-state index < -0.39 is 0 Å². The molecule has 0 saturated carbocycles. The van der Waals surface area contributed by atoms with Gasteiger partial charge in [0.2, 0.25) is 5.91 Å². The largest absolute Gasteiger partial charge is 0.379 e. The molecule has 0 N–H and O–H groups in total. The van der Waals surface area contributed by atoms with Gasteiger partial charge in [0.15, 0.2) is 0 Å². The van der Waals surface area contributed by atoms with Gasteiger partial charge in [0, 0.05) is 64.8 Å². The Hall–Kier alpha value is -1.99. The number of hydrogen-bond acceptors (Lipinski definition) is 5. The van der Waals surface area contributed by atoms with Gasteiger partial charge in [-0.05, 0) is 48.7 Å². The molecule has 34 heavy (non-hydrogen) atoms. The minimum absolute atomic E-state index is 0.347. The summed E-state index contributed by atoms with van der Waals surface area (Å²) in [5.74, 6) is 0.873. The highest BCUT2D eigenvalue weighted by atomic mass is 16.5. The van der Waals surface area contributed by atoms with Crippen molar-refractivity contribution in [1.82, 2.24) is 19.6 Å². The van der Waals surface area contributed by atoms with Gasteiger partial charge in [-0.25, -0.2) is 0 Å². The van der Waals surface area contributed by atoms with Crippen molar-refractivity contribution in [1.29, 1.82) is 0 Å². The van der Waals surface area contributed by atoms with Gasteiger partial charge in [-0.2, -0.15) is 0 Å². The van der Waals surface area contributed by atoms with Crippen molar-refractivity contribution in [3.8, 4) is 0 Å². The maximum Gasteiger partial charge on any atom is 0.222 e. The van der Waals surface area contributed by atoms with Gasteiger partial charge in [-0.3, -0.25) is 14.6 Å². The Balaban J connectivity index is 1.25. The van der Waals surface area contributed by atoms with E-state index in [-0.39, 0.29) is 0 Å². The minimum Gasteiger partial charge on any atom is -0.379 e. The number of amides is 1. The molecule has 2 aromatic carbocycles. The van der Waals surface area contributed by atoms with Gasteiger partial charge < -0.3 is 14.5 Å². The third-order valence-corrected chi connectivity index (χ3v) is 8.15. The van der Waals surface area contributed by atoms with Crippen molar-refractivity contribution in [3.63, 3.8) is 0 Å². The topological polar surface area (TPSA) is 39.3 Å².